The molecule has 0 saturated heterocycles. The standard InChI is InChI=1S/C14H20N2S/c1-11-7-5-6-8-13(11)17-12(2)9-14(3,10-15)16-4/h5-8,12,16H,9H2,1-4H3. The lowest BCUT2D eigenvalue weighted by molar-refractivity contribution is 0.455. The Morgan fingerprint density at radius 3 is 2.65 bits per heavy atom. The molecule has 0 spiro atoms. The van der Waals surface area contributed by atoms with Crippen LogP contribution < -0.4 is 5.32 Å². The van der Waals surface area contributed by atoms with Crippen molar-refractivity contribution in [2.45, 2.75) is 42.9 Å². The summed E-state index contributed by atoms with van der Waals surface area (Å²) in [5.74, 6) is 0. The maximum absolute atomic E-state index is 9.13. The van der Waals surface area contributed by atoms with Gasteiger partial charge in [-0.05, 0) is 38.9 Å². The molecule has 0 aliphatic rings. The van der Waals surface area contributed by atoms with Crippen molar-refractivity contribution in [2.75, 3.05) is 7.05 Å². The van der Waals surface area contributed by atoms with E-state index in [1.807, 2.05) is 25.7 Å². The number of hydrogen-bond donors (Lipinski definition) is 1. The highest BCUT2D eigenvalue weighted by Crippen LogP contribution is 2.30. The van der Waals surface area contributed by atoms with E-state index in [0.717, 1.165) is 6.42 Å². The second-order valence-electron chi connectivity index (χ2n) is 4.59. The molecule has 0 aromatic heterocycles. The molecule has 0 aliphatic heterocycles. The summed E-state index contributed by atoms with van der Waals surface area (Å²) in [6, 6.07) is 10.7. The molecular formula is C14H20N2S. The molecule has 1 N–H and O–H groups in total. The maximum atomic E-state index is 9.13. The maximum Gasteiger partial charge on any atom is 0.104 e. The average Bonchev–Trinajstić information content (AvgIpc) is 2.32. The normalized spacial score (nSPS) is 15.9. The Kier molecular flexibility index (Phi) is 5.04. The molecule has 0 aliphatic carbocycles. The summed E-state index contributed by atoms with van der Waals surface area (Å²) in [6.07, 6.45) is 0.832. The third-order valence-electron chi connectivity index (χ3n) is 2.92. The first-order valence-electron chi connectivity index (χ1n) is 5.83. The minimum atomic E-state index is -0.435. The fourth-order valence-electron chi connectivity index (χ4n) is 1.73. The number of rotatable bonds is 5. The van der Waals surface area contributed by atoms with Gasteiger partial charge in [-0.25, -0.2) is 0 Å². The van der Waals surface area contributed by atoms with Gasteiger partial charge in [-0.1, -0.05) is 25.1 Å². The van der Waals surface area contributed by atoms with Crippen molar-refractivity contribution in [1.82, 2.24) is 5.32 Å². The average molecular weight is 248 g/mol. The lowest BCUT2D eigenvalue weighted by Crippen LogP contribution is -2.40. The summed E-state index contributed by atoms with van der Waals surface area (Å²) >= 11 is 1.84. The zero-order valence-electron chi connectivity index (χ0n) is 10.9. The number of nitriles is 1. The second-order valence-corrected chi connectivity index (χ2v) is 6.07. The first-order chi connectivity index (χ1) is 8.00. The van der Waals surface area contributed by atoms with Crippen LogP contribution in [0.2, 0.25) is 0 Å². The van der Waals surface area contributed by atoms with Crippen molar-refractivity contribution >= 4 is 11.8 Å². The molecule has 0 radical (unpaired) electrons. The molecular weight excluding hydrogens is 228 g/mol. The Hall–Kier alpha value is -0.980. The van der Waals surface area contributed by atoms with Gasteiger partial charge >= 0.3 is 0 Å². The van der Waals surface area contributed by atoms with E-state index in [0.29, 0.717) is 5.25 Å². The molecule has 92 valence electrons. The van der Waals surface area contributed by atoms with Gasteiger partial charge in [0.25, 0.3) is 0 Å². The predicted molar refractivity (Wildman–Crippen MR) is 74.2 cm³/mol. The molecule has 2 nitrogen and oxygen atoms in total. The summed E-state index contributed by atoms with van der Waals surface area (Å²) < 4.78 is 0. The molecule has 0 fully saturated rings. The Labute approximate surface area is 108 Å². The quantitative estimate of drug-likeness (QED) is 0.812. The van der Waals surface area contributed by atoms with Gasteiger partial charge in [0.1, 0.15) is 5.54 Å². The summed E-state index contributed by atoms with van der Waals surface area (Å²) in [7, 11) is 1.84. The van der Waals surface area contributed by atoms with E-state index in [1.165, 1.54) is 10.5 Å². The number of hydrogen-bond acceptors (Lipinski definition) is 3. The van der Waals surface area contributed by atoms with Crippen LogP contribution in [-0.4, -0.2) is 17.8 Å². The van der Waals surface area contributed by atoms with E-state index in [2.05, 4.69) is 49.5 Å². The largest absolute Gasteiger partial charge is 0.303 e. The number of nitrogens with one attached hydrogen (secondary N) is 1. The zero-order valence-corrected chi connectivity index (χ0v) is 11.8. The highest BCUT2D eigenvalue weighted by atomic mass is 32.2. The molecule has 2 unspecified atom stereocenters. The number of thioether (sulfide) groups is 1. The van der Waals surface area contributed by atoms with Gasteiger partial charge in [-0.3, -0.25) is 0 Å². The van der Waals surface area contributed by atoms with E-state index >= 15 is 0 Å². The van der Waals surface area contributed by atoms with Gasteiger partial charge in [-0.2, -0.15) is 5.26 Å². The number of aryl methyl sites for hydroxylation is 1. The van der Waals surface area contributed by atoms with Crippen molar-refractivity contribution in [2.24, 2.45) is 0 Å². The molecule has 2 atom stereocenters. The van der Waals surface area contributed by atoms with E-state index in [1.54, 1.807) is 0 Å². The van der Waals surface area contributed by atoms with Crippen LogP contribution in [0.15, 0.2) is 29.2 Å². The lowest BCUT2D eigenvalue weighted by Gasteiger charge is -2.24. The molecule has 1 rings (SSSR count). The highest BCUT2D eigenvalue weighted by Gasteiger charge is 2.24. The van der Waals surface area contributed by atoms with Crippen LogP contribution >= 0.6 is 11.8 Å². The molecule has 0 bridgehead atoms. The van der Waals surface area contributed by atoms with E-state index in [9.17, 15) is 0 Å². The van der Waals surface area contributed by atoms with Gasteiger partial charge in [0.15, 0.2) is 0 Å². The first-order valence-corrected chi connectivity index (χ1v) is 6.71. The van der Waals surface area contributed by atoms with Crippen molar-refractivity contribution in [3.8, 4) is 6.07 Å². The smallest absolute Gasteiger partial charge is 0.104 e. The third kappa shape index (κ3) is 4.07. The molecule has 17 heavy (non-hydrogen) atoms. The van der Waals surface area contributed by atoms with Gasteiger partial charge in [0, 0.05) is 10.1 Å². The minimum absolute atomic E-state index is 0.410. The van der Waals surface area contributed by atoms with Gasteiger partial charge in [0.05, 0.1) is 6.07 Å². The Bertz CT molecular complexity index is 411. The van der Waals surface area contributed by atoms with Crippen LogP contribution in [0.1, 0.15) is 25.8 Å². The van der Waals surface area contributed by atoms with E-state index in [4.69, 9.17) is 5.26 Å². The van der Waals surface area contributed by atoms with Crippen LogP contribution in [0.4, 0.5) is 0 Å². The first kappa shape index (κ1) is 14.1. The van der Waals surface area contributed by atoms with Gasteiger partial charge in [-0.15, -0.1) is 11.8 Å². The van der Waals surface area contributed by atoms with E-state index in [-0.39, 0.29) is 0 Å². The number of benzene rings is 1. The molecule has 1 aromatic carbocycles. The zero-order chi connectivity index (χ0) is 12.9. The topological polar surface area (TPSA) is 35.8 Å². The fraction of sp³-hybridized carbons (Fsp3) is 0.500. The Morgan fingerprint density at radius 2 is 2.12 bits per heavy atom. The van der Waals surface area contributed by atoms with Gasteiger partial charge < -0.3 is 5.32 Å². The Morgan fingerprint density at radius 1 is 1.47 bits per heavy atom. The van der Waals surface area contributed by atoms with Crippen molar-refractivity contribution < 1.29 is 0 Å². The van der Waals surface area contributed by atoms with Crippen LogP contribution in [0.25, 0.3) is 0 Å². The van der Waals surface area contributed by atoms with Crippen LogP contribution in [0.3, 0.4) is 0 Å². The van der Waals surface area contributed by atoms with Crippen LogP contribution in [0.5, 0.6) is 0 Å². The van der Waals surface area contributed by atoms with Crippen molar-refractivity contribution in [3.05, 3.63) is 29.8 Å². The monoisotopic (exact) mass is 248 g/mol. The molecule has 0 saturated carbocycles. The fourth-order valence-corrected chi connectivity index (χ4v) is 2.99. The summed E-state index contributed by atoms with van der Waals surface area (Å²) in [4.78, 5) is 1.30. The predicted octanol–water partition coefficient (Wildman–Crippen LogP) is 3.37. The lowest BCUT2D eigenvalue weighted by atomic mass is 9.98. The summed E-state index contributed by atoms with van der Waals surface area (Å²) in [5.41, 5.74) is 0.863. The molecule has 1 aromatic rings. The minimum Gasteiger partial charge on any atom is -0.303 e. The molecule has 0 heterocycles. The Balaban J connectivity index is 2.65. The summed E-state index contributed by atoms with van der Waals surface area (Å²) in [6.45, 7) is 6.24. The SMILES string of the molecule is CNC(C)(C#N)CC(C)Sc1ccccc1C. The van der Waals surface area contributed by atoms with Gasteiger partial charge in [0.2, 0.25) is 0 Å². The van der Waals surface area contributed by atoms with Crippen LogP contribution in [-0.2, 0) is 0 Å². The van der Waals surface area contributed by atoms with Crippen molar-refractivity contribution in [1.29, 1.82) is 5.26 Å². The highest BCUT2D eigenvalue weighted by molar-refractivity contribution is 8.00. The number of nitrogens with zero attached hydrogens (tertiary/aromatic N) is 1. The third-order valence-corrected chi connectivity index (χ3v) is 4.20. The van der Waals surface area contributed by atoms with E-state index < -0.39 is 5.54 Å². The van der Waals surface area contributed by atoms with Crippen molar-refractivity contribution in [3.63, 3.8) is 0 Å². The molecule has 3 heteroatoms. The molecule has 0 amide bonds. The summed E-state index contributed by atoms with van der Waals surface area (Å²) in [5, 5.41) is 12.6. The van der Waals surface area contributed by atoms with Crippen LogP contribution in [0, 0.1) is 18.3 Å². The second kappa shape index (κ2) is 6.09.